The van der Waals surface area contributed by atoms with Crippen molar-refractivity contribution >= 4 is 34.4 Å². The summed E-state index contributed by atoms with van der Waals surface area (Å²) in [5.74, 6) is 1.95. The molecule has 1 aliphatic rings. The maximum absolute atomic E-state index is 11.7. The SMILES string of the molecule is Cc1oc(C(=O)NC2=NCCS2)cc1CCl. The molecule has 4 nitrogen and oxygen atoms in total. The molecule has 0 saturated heterocycles. The third-order valence-corrected chi connectivity index (χ3v) is 3.37. The van der Waals surface area contributed by atoms with Crippen molar-refractivity contribution < 1.29 is 9.21 Å². The number of alkyl halides is 1. The van der Waals surface area contributed by atoms with E-state index < -0.39 is 0 Å². The molecular formula is C10H11ClN2O2S. The second kappa shape index (κ2) is 4.93. The summed E-state index contributed by atoms with van der Waals surface area (Å²) in [5, 5.41) is 3.36. The molecule has 0 spiro atoms. The largest absolute Gasteiger partial charge is 0.456 e. The van der Waals surface area contributed by atoms with Gasteiger partial charge in [-0.2, -0.15) is 0 Å². The lowest BCUT2D eigenvalue weighted by atomic mass is 10.3. The maximum Gasteiger partial charge on any atom is 0.292 e. The van der Waals surface area contributed by atoms with Crippen LogP contribution in [-0.2, 0) is 5.88 Å². The molecule has 1 aromatic heterocycles. The highest BCUT2D eigenvalue weighted by Gasteiger charge is 2.17. The fraction of sp³-hybridized carbons (Fsp3) is 0.400. The monoisotopic (exact) mass is 258 g/mol. The van der Waals surface area contributed by atoms with Gasteiger partial charge >= 0.3 is 0 Å². The van der Waals surface area contributed by atoms with Crippen LogP contribution in [0, 0.1) is 6.92 Å². The van der Waals surface area contributed by atoms with Crippen molar-refractivity contribution in [2.24, 2.45) is 4.99 Å². The molecule has 0 aliphatic carbocycles. The first kappa shape index (κ1) is 11.5. The highest BCUT2D eigenvalue weighted by molar-refractivity contribution is 8.14. The van der Waals surface area contributed by atoms with Gasteiger partial charge in [0, 0.05) is 11.3 Å². The molecule has 0 bridgehead atoms. The Bertz CT molecular complexity index is 442. The molecule has 0 fully saturated rings. The summed E-state index contributed by atoms with van der Waals surface area (Å²) in [6, 6.07) is 1.66. The number of halogens is 1. The number of rotatable bonds is 2. The second-order valence-electron chi connectivity index (χ2n) is 3.32. The summed E-state index contributed by atoms with van der Waals surface area (Å²) in [6.07, 6.45) is 0. The molecule has 2 heterocycles. The average molecular weight is 259 g/mol. The maximum atomic E-state index is 11.7. The van der Waals surface area contributed by atoms with E-state index in [-0.39, 0.29) is 11.7 Å². The smallest absolute Gasteiger partial charge is 0.292 e. The quantitative estimate of drug-likeness (QED) is 0.827. The number of carbonyl (C=O) groups excluding carboxylic acids is 1. The molecule has 1 N–H and O–H groups in total. The highest BCUT2D eigenvalue weighted by Crippen LogP contribution is 2.17. The Morgan fingerprint density at radius 3 is 3.12 bits per heavy atom. The number of hydrogen-bond acceptors (Lipinski definition) is 4. The molecule has 0 unspecified atom stereocenters. The van der Waals surface area contributed by atoms with E-state index >= 15 is 0 Å². The predicted molar refractivity (Wildman–Crippen MR) is 65.2 cm³/mol. The zero-order valence-electron chi connectivity index (χ0n) is 8.75. The third-order valence-electron chi connectivity index (χ3n) is 2.19. The number of amidine groups is 1. The van der Waals surface area contributed by atoms with E-state index in [1.807, 2.05) is 0 Å². The van der Waals surface area contributed by atoms with Gasteiger partial charge in [-0.25, -0.2) is 0 Å². The van der Waals surface area contributed by atoms with Crippen LogP contribution < -0.4 is 5.32 Å². The molecule has 0 atom stereocenters. The molecule has 1 aliphatic heterocycles. The summed E-state index contributed by atoms with van der Waals surface area (Å²) >= 11 is 7.23. The summed E-state index contributed by atoms with van der Waals surface area (Å²) in [6.45, 7) is 2.54. The number of nitrogens with one attached hydrogen (secondary N) is 1. The number of amides is 1. The van der Waals surface area contributed by atoms with Crippen molar-refractivity contribution in [3.05, 3.63) is 23.2 Å². The molecule has 6 heteroatoms. The van der Waals surface area contributed by atoms with Gasteiger partial charge < -0.3 is 4.42 Å². The number of nitrogens with zero attached hydrogens (tertiary/aromatic N) is 1. The Hall–Kier alpha value is -0.940. The predicted octanol–water partition coefficient (Wildman–Crippen LogP) is 2.16. The molecule has 0 saturated carbocycles. The van der Waals surface area contributed by atoms with E-state index in [0.29, 0.717) is 16.8 Å². The van der Waals surface area contributed by atoms with Crippen molar-refractivity contribution in [1.82, 2.24) is 5.32 Å². The van der Waals surface area contributed by atoms with Gasteiger partial charge in [0.25, 0.3) is 5.91 Å². The van der Waals surface area contributed by atoms with Gasteiger partial charge in [-0.05, 0) is 13.0 Å². The lowest BCUT2D eigenvalue weighted by molar-refractivity contribution is 0.0949. The van der Waals surface area contributed by atoms with Crippen molar-refractivity contribution in [3.63, 3.8) is 0 Å². The van der Waals surface area contributed by atoms with E-state index in [9.17, 15) is 4.79 Å². The van der Waals surface area contributed by atoms with Crippen LogP contribution in [0.4, 0.5) is 0 Å². The molecule has 2 rings (SSSR count). The van der Waals surface area contributed by atoms with Gasteiger partial charge in [0.1, 0.15) is 5.76 Å². The fourth-order valence-corrected chi connectivity index (χ4v) is 2.32. The molecule has 1 aromatic rings. The minimum Gasteiger partial charge on any atom is -0.456 e. The second-order valence-corrected chi connectivity index (χ2v) is 4.67. The number of aryl methyl sites for hydroxylation is 1. The summed E-state index contributed by atoms with van der Waals surface area (Å²) in [7, 11) is 0. The van der Waals surface area contributed by atoms with Crippen LogP contribution in [0.5, 0.6) is 0 Å². The molecule has 86 valence electrons. The molecule has 1 amide bonds. The number of carbonyl (C=O) groups is 1. The van der Waals surface area contributed by atoms with Crippen LogP contribution in [0.2, 0.25) is 0 Å². The molecular weight excluding hydrogens is 248 g/mol. The molecule has 16 heavy (non-hydrogen) atoms. The summed E-state index contributed by atoms with van der Waals surface area (Å²) in [4.78, 5) is 15.9. The highest BCUT2D eigenvalue weighted by atomic mass is 35.5. The number of furan rings is 1. The van der Waals surface area contributed by atoms with Crippen LogP contribution >= 0.6 is 23.4 Å². The minimum absolute atomic E-state index is 0.271. The van der Waals surface area contributed by atoms with Gasteiger partial charge in [-0.3, -0.25) is 15.1 Å². The molecule has 0 aromatic carbocycles. The first-order valence-corrected chi connectivity index (χ1v) is 6.36. The average Bonchev–Trinajstić information content (AvgIpc) is 2.87. The summed E-state index contributed by atoms with van der Waals surface area (Å²) < 4.78 is 5.32. The van der Waals surface area contributed by atoms with Crippen molar-refractivity contribution in [1.29, 1.82) is 0 Å². The van der Waals surface area contributed by atoms with Crippen molar-refractivity contribution in [3.8, 4) is 0 Å². The molecule has 0 radical (unpaired) electrons. The minimum atomic E-state index is -0.271. The number of thioether (sulfide) groups is 1. The number of aliphatic imine (C=N–C) groups is 1. The first-order valence-electron chi connectivity index (χ1n) is 4.84. The lowest BCUT2D eigenvalue weighted by Gasteiger charge is -1.99. The zero-order valence-corrected chi connectivity index (χ0v) is 10.3. The van der Waals surface area contributed by atoms with E-state index in [2.05, 4.69) is 10.3 Å². The number of hydrogen-bond donors (Lipinski definition) is 1. The normalized spacial score (nSPS) is 15.0. The fourth-order valence-electron chi connectivity index (χ4n) is 1.33. The van der Waals surface area contributed by atoms with Crippen molar-refractivity contribution in [2.75, 3.05) is 12.3 Å². The van der Waals surface area contributed by atoms with Crippen LogP contribution in [0.15, 0.2) is 15.5 Å². The Balaban J connectivity index is 2.08. The van der Waals surface area contributed by atoms with Crippen LogP contribution in [0.3, 0.4) is 0 Å². The van der Waals surface area contributed by atoms with Gasteiger partial charge in [-0.15, -0.1) is 11.6 Å². The van der Waals surface area contributed by atoms with Gasteiger partial charge in [-0.1, -0.05) is 11.8 Å². The Labute approximate surface area is 102 Å². The Morgan fingerprint density at radius 1 is 1.75 bits per heavy atom. The van der Waals surface area contributed by atoms with Crippen LogP contribution in [-0.4, -0.2) is 23.4 Å². The van der Waals surface area contributed by atoms with E-state index in [1.165, 1.54) is 11.8 Å². The summed E-state index contributed by atoms with van der Waals surface area (Å²) in [5.41, 5.74) is 0.841. The standard InChI is InChI=1S/C10H11ClN2O2S/c1-6-7(5-11)4-8(15-6)9(14)13-10-12-2-3-16-10/h4H,2-3,5H2,1H3,(H,12,13,14). The Morgan fingerprint density at radius 2 is 2.56 bits per heavy atom. The van der Waals surface area contributed by atoms with Crippen LogP contribution in [0.25, 0.3) is 0 Å². The zero-order chi connectivity index (χ0) is 11.5. The Kier molecular flexibility index (Phi) is 3.56. The topological polar surface area (TPSA) is 54.6 Å². The van der Waals surface area contributed by atoms with Crippen LogP contribution in [0.1, 0.15) is 21.9 Å². The van der Waals surface area contributed by atoms with Crippen molar-refractivity contribution in [2.45, 2.75) is 12.8 Å². The van der Waals surface area contributed by atoms with E-state index in [1.54, 1.807) is 13.0 Å². The van der Waals surface area contributed by atoms with E-state index in [4.69, 9.17) is 16.0 Å². The van der Waals surface area contributed by atoms with Gasteiger partial charge in [0.2, 0.25) is 0 Å². The first-order chi connectivity index (χ1) is 7.70. The van der Waals surface area contributed by atoms with E-state index in [0.717, 1.165) is 17.9 Å². The lowest BCUT2D eigenvalue weighted by Crippen LogP contribution is -2.26. The third kappa shape index (κ3) is 2.41. The van der Waals surface area contributed by atoms with Gasteiger partial charge in [0.05, 0.1) is 12.4 Å². The van der Waals surface area contributed by atoms with Gasteiger partial charge in [0.15, 0.2) is 10.9 Å².